The second-order valence-corrected chi connectivity index (χ2v) is 5.01. The molecule has 17 heavy (non-hydrogen) atoms. The van der Waals surface area contributed by atoms with E-state index < -0.39 is 0 Å². The van der Waals surface area contributed by atoms with Crippen LogP contribution in [0.2, 0.25) is 0 Å². The van der Waals surface area contributed by atoms with Crippen molar-refractivity contribution in [1.82, 2.24) is 15.1 Å². The Morgan fingerprint density at radius 2 is 2.47 bits per heavy atom. The predicted octanol–water partition coefficient (Wildman–Crippen LogP) is 1.40. The number of hydrogen-bond acceptors (Lipinski definition) is 3. The van der Waals surface area contributed by atoms with Crippen molar-refractivity contribution in [2.24, 2.45) is 7.05 Å². The quantitative estimate of drug-likeness (QED) is 0.918. The number of nitrogens with zero attached hydrogens (tertiary/aromatic N) is 2. The molecule has 0 radical (unpaired) electrons. The van der Waals surface area contributed by atoms with E-state index in [9.17, 15) is 4.79 Å². The lowest BCUT2D eigenvalue weighted by Gasteiger charge is -2.09. The molecule has 0 spiro atoms. The molecule has 1 saturated heterocycles. The molecule has 1 amide bonds. The average molecular weight is 302 g/mol. The maximum absolute atomic E-state index is 11.9. The lowest BCUT2D eigenvalue weighted by atomic mass is 10.2. The Bertz CT molecular complexity index is 425. The molecule has 0 bridgehead atoms. The predicted molar refractivity (Wildman–Crippen MR) is 67.0 cm³/mol. The van der Waals surface area contributed by atoms with Gasteiger partial charge in [0, 0.05) is 20.2 Å². The Morgan fingerprint density at radius 3 is 3.00 bits per heavy atom. The van der Waals surface area contributed by atoms with Crippen LogP contribution >= 0.6 is 15.9 Å². The number of carbonyl (C=O) groups is 1. The third-order valence-corrected chi connectivity index (χ3v) is 3.94. The summed E-state index contributed by atoms with van der Waals surface area (Å²) in [6.07, 6.45) is 2.25. The van der Waals surface area contributed by atoms with Gasteiger partial charge in [-0.05, 0) is 35.7 Å². The zero-order valence-electron chi connectivity index (χ0n) is 9.99. The van der Waals surface area contributed by atoms with E-state index in [4.69, 9.17) is 4.74 Å². The highest BCUT2D eigenvalue weighted by atomic mass is 79.9. The molecule has 6 heteroatoms. The minimum Gasteiger partial charge on any atom is -0.376 e. The van der Waals surface area contributed by atoms with Gasteiger partial charge in [-0.3, -0.25) is 9.48 Å². The van der Waals surface area contributed by atoms with Gasteiger partial charge in [0.15, 0.2) is 5.69 Å². The third-order valence-electron chi connectivity index (χ3n) is 2.99. The molecule has 94 valence electrons. The molecule has 1 aromatic rings. The van der Waals surface area contributed by atoms with Crippen molar-refractivity contribution in [3.05, 3.63) is 15.9 Å². The maximum atomic E-state index is 11.9. The van der Waals surface area contributed by atoms with E-state index in [1.807, 2.05) is 14.0 Å². The van der Waals surface area contributed by atoms with E-state index in [0.29, 0.717) is 12.2 Å². The van der Waals surface area contributed by atoms with Gasteiger partial charge in [0.1, 0.15) is 0 Å². The van der Waals surface area contributed by atoms with Crippen LogP contribution in [0.4, 0.5) is 0 Å². The van der Waals surface area contributed by atoms with Gasteiger partial charge < -0.3 is 10.1 Å². The average Bonchev–Trinajstić information content (AvgIpc) is 2.91. The fourth-order valence-electron chi connectivity index (χ4n) is 1.82. The Labute approximate surface area is 109 Å². The van der Waals surface area contributed by atoms with Crippen molar-refractivity contribution in [3.8, 4) is 0 Å². The summed E-state index contributed by atoms with van der Waals surface area (Å²) < 4.78 is 7.89. The number of nitrogens with one attached hydrogen (secondary N) is 1. The van der Waals surface area contributed by atoms with E-state index in [2.05, 4.69) is 26.3 Å². The Morgan fingerprint density at radius 1 is 1.71 bits per heavy atom. The second kappa shape index (κ2) is 5.18. The third kappa shape index (κ3) is 2.69. The molecule has 0 saturated carbocycles. The van der Waals surface area contributed by atoms with Crippen LogP contribution in [0.15, 0.2) is 4.47 Å². The van der Waals surface area contributed by atoms with Gasteiger partial charge in [-0.15, -0.1) is 0 Å². The Balaban J connectivity index is 1.96. The van der Waals surface area contributed by atoms with Gasteiger partial charge >= 0.3 is 0 Å². The molecule has 1 fully saturated rings. The van der Waals surface area contributed by atoms with E-state index in [1.165, 1.54) is 0 Å². The fraction of sp³-hybridized carbons (Fsp3) is 0.636. The summed E-state index contributed by atoms with van der Waals surface area (Å²) in [6.45, 7) is 3.27. The van der Waals surface area contributed by atoms with Gasteiger partial charge in [0.25, 0.3) is 5.91 Å². The molecule has 1 aliphatic rings. The normalized spacial score (nSPS) is 19.6. The van der Waals surface area contributed by atoms with Crippen LogP contribution in [-0.4, -0.2) is 34.9 Å². The standard InChI is InChI=1S/C11H16BrN3O2/c1-7-9(12)10(14-15(7)2)11(16)13-6-8-4-3-5-17-8/h8H,3-6H2,1-2H3,(H,13,16)/t8-/m1/s1. The molecule has 2 rings (SSSR count). The number of rotatable bonds is 3. The summed E-state index contributed by atoms with van der Waals surface area (Å²) in [5, 5.41) is 7.02. The number of aryl methyl sites for hydroxylation is 1. The van der Waals surface area contributed by atoms with Gasteiger partial charge in [-0.2, -0.15) is 5.10 Å². The molecule has 0 unspecified atom stereocenters. The number of ether oxygens (including phenoxy) is 1. The molecule has 1 N–H and O–H groups in total. The number of halogens is 1. The van der Waals surface area contributed by atoms with E-state index in [-0.39, 0.29) is 12.0 Å². The number of hydrogen-bond donors (Lipinski definition) is 1. The highest BCUT2D eigenvalue weighted by Gasteiger charge is 2.20. The molecule has 1 aliphatic heterocycles. The van der Waals surface area contributed by atoms with Crippen molar-refractivity contribution in [3.63, 3.8) is 0 Å². The monoisotopic (exact) mass is 301 g/mol. The molecular weight excluding hydrogens is 286 g/mol. The Kier molecular flexibility index (Phi) is 3.83. The van der Waals surface area contributed by atoms with Crippen molar-refractivity contribution >= 4 is 21.8 Å². The molecule has 1 atom stereocenters. The summed E-state index contributed by atoms with van der Waals surface area (Å²) in [6, 6.07) is 0. The first-order valence-electron chi connectivity index (χ1n) is 5.68. The minimum atomic E-state index is -0.156. The van der Waals surface area contributed by atoms with E-state index >= 15 is 0 Å². The highest BCUT2D eigenvalue weighted by Crippen LogP contribution is 2.20. The minimum absolute atomic E-state index is 0.155. The van der Waals surface area contributed by atoms with Crippen molar-refractivity contribution < 1.29 is 9.53 Å². The zero-order valence-corrected chi connectivity index (χ0v) is 11.6. The first kappa shape index (κ1) is 12.6. The van der Waals surface area contributed by atoms with Crippen molar-refractivity contribution in [2.75, 3.05) is 13.2 Å². The van der Waals surface area contributed by atoms with Crippen LogP contribution in [0.5, 0.6) is 0 Å². The van der Waals surface area contributed by atoms with E-state index in [1.54, 1.807) is 4.68 Å². The largest absolute Gasteiger partial charge is 0.376 e. The number of aromatic nitrogens is 2. The molecule has 0 aliphatic carbocycles. The van der Waals surface area contributed by atoms with Crippen LogP contribution in [0, 0.1) is 6.92 Å². The lowest BCUT2D eigenvalue weighted by Crippen LogP contribution is -2.32. The zero-order chi connectivity index (χ0) is 12.4. The van der Waals surface area contributed by atoms with Crippen LogP contribution in [0.1, 0.15) is 29.0 Å². The summed E-state index contributed by atoms with van der Waals surface area (Å²) in [4.78, 5) is 11.9. The van der Waals surface area contributed by atoms with Crippen LogP contribution in [-0.2, 0) is 11.8 Å². The van der Waals surface area contributed by atoms with Gasteiger partial charge in [0.05, 0.1) is 16.3 Å². The van der Waals surface area contributed by atoms with Crippen LogP contribution in [0.25, 0.3) is 0 Å². The molecule has 5 nitrogen and oxygen atoms in total. The van der Waals surface area contributed by atoms with Crippen LogP contribution < -0.4 is 5.32 Å². The summed E-state index contributed by atoms with van der Waals surface area (Å²) in [5.74, 6) is -0.156. The topological polar surface area (TPSA) is 56.1 Å². The van der Waals surface area contributed by atoms with E-state index in [0.717, 1.165) is 29.6 Å². The molecule has 0 aromatic carbocycles. The number of amides is 1. The van der Waals surface area contributed by atoms with Crippen molar-refractivity contribution in [2.45, 2.75) is 25.9 Å². The maximum Gasteiger partial charge on any atom is 0.273 e. The second-order valence-electron chi connectivity index (χ2n) is 4.22. The Hall–Kier alpha value is -0.880. The SMILES string of the molecule is Cc1c(Br)c(C(=O)NC[C@H]2CCCO2)nn1C. The van der Waals surface area contributed by atoms with Gasteiger partial charge in [-0.1, -0.05) is 0 Å². The van der Waals surface area contributed by atoms with Gasteiger partial charge in [0.2, 0.25) is 0 Å². The first-order valence-corrected chi connectivity index (χ1v) is 6.47. The summed E-state index contributed by atoms with van der Waals surface area (Å²) in [7, 11) is 1.82. The van der Waals surface area contributed by atoms with Crippen molar-refractivity contribution in [1.29, 1.82) is 0 Å². The van der Waals surface area contributed by atoms with Crippen LogP contribution in [0.3, 0.4) is 0 Å². The van der Waals surface area contributed by atoms with Gasteiger partial charge in [-0.25, -0.2) is 0 Å². The molecule has 2 heterocycles. The molecule has 1 aromatic heterocycles. The smallest absolute Gasteiger partial charge is 0.273 e. The summed E-state index contributed by atoms with van der Waals surface area (Å²) in [5.41, 5.74) is 1.37. The highest BCUT2D eigenvalue weighted by molar-refractivity contribution is 9.10. The fourth-order valence-corrected chi connectivity index (χ4v) is 2.34. The number of carbonyl (C=O) groups excluding carboxylic acids is 1. The molecular formula is C11H16BrN3O2. The first-order chi connectivity index (χ1) is 8.09. The summed E-state index contributed by atoms with van der Waals surface area (Å²) >= 11 is 3.38. The lowest BCUT2D eigenvalue weighted by molar-refractivity contribution is 0.0852.